The average Bonchev–Trinajstić information content (AvgIpc) is 3.49. The third kappa shape index (κ3) is 3.68. The molecule has 4 rings (SSSR count). The molecule has 7 heteroatoms. The topological polar surface area (TPSA) is 99.6 Å². The van der Waals surface area contributed by atoms with E-state index in [1.165, 1.54) is 6.07 Å². The van der Waals surface area contributed by atoms with Gasteiger partial charge in [-0.2, -0.15) is 0 Å². The molecule has 29 heavy (non-hydrogen) atoms. The van der Waals surface area contributed by atoms with Crippen molar-refractivity contribution >= 4 is 21.0 Å². The van der Waals surface area contributed by atoms with Crippen molar-refractivity contribution in [2.24, 2.45) is 5.14 Å². The van der Waals surface area contributed by atoms with Gasteiger partial charge in [-0.05, 0) is 63.4 Å². The van der Waals surface area contributed by atoms with Gasteiger partial charge in [-0.3, -0.25) is 4.79 Å². The fourth-order valence-electron chi connectivity index (χ4n) is 3.66. The Morgan fingerprint density at radius 2 is 1.86 bits per heavy atom. The van der Waals surface area contributed by atoms with Crippen molar-refractivity contribution in [3.8, 4) is 5.75 Å². The Bertz CT molecular complexity index is 1270. The highest BCUT2D eigenvalue weighted by molar-refractivity contribution is 7.89. The van der Waals surface area contributed by atoms with Crippen LogP contribution in [0.4, 0.5) is 0 Å². The number of nitrogens with two attached hydrogens (primary N) is 1. The summed E-state index contributed by atoms with van der Waals surface area (Å²) in [4.78, 5) is 12.9. The molecule has 0 bridgehead atoms. The van der Waals surface area contributed by atoms with Crippen LogP contribution in [0.15, 0.2) is 50.5 Å². The van der Waals surface area contributed by atoms with E-state index in [2.05, 4.69) is 0 Å². The van der Waals surface area contributed by atoms with Gasteiger partial charge >= 0.3 is 0 Å². The van der Waals surface area contributed by atoms with E-state index >= 15 is 0 Å². The fraction of sp³-hybridized carbons (Fsp3) is 0.318. The number of ether oxygens (including phenoxy) is 1. The summed E-state index contributed by atoms with van der Waals surface area (Å²) in [6, 6.07) is 9.95. The van der Waals surface area contributed by atoms with Crippen molar-refractivity contribution in [2.75, 3.05) is 0 Å². The quantitative estimate of drug-likeness (QED) is 0.679. The summed E-state index contributed by atoms with van der Waals surface area (Å²) in [7, 11) is -3.93. The Morgan fingerprint density at radius 1 is 1.17 bits per heavy atom. The number of hydrogen-bond acceptors (Lipinski definition) is 5. The summed E-state index contributed by atoms with van der Waals surface area (Å²) in [6.07, 6.45) is 1.48. The van der Waals surface area contributed by atoms with Gasteiger partial charge in [0.05, 0.1) is 5.39 Å². The Hall–Kier alpha value is -2.64. The first-order valence-electron chi connectivity index (χ1n) is 9.53. The van der Waals surface area contributed by atoms with Gasteiger partial charge in [0.15, 0.2) is 5.43 Å². The highest BCUT2D eigenvalue weighted by atomic mass is 32.2. The van der Waals surface area contributed by atoms with Gasteiger partial charge in [-0.25, -0.2) is 13.6 Å². The molecule has 3 aromatic rings. The van der Waals surface area contributed by atoms with Crippen LogP contribution in [-0.2, 0) is 10.0 Å². The van der Waals surface area contributed by atoms with Gasteiger partial charge in [-0.15, -0.1) is 0 Å². The number of aryl methyl sites for hydroxylation is 1. The van der Waals surface area contributed by atoms with Crippen LogP contribution in [0.1, 0.15) is 54.2 Å². The van der Waals surface area contributed by atoms with Crippen LogP contribution in [0.3, 0.4) is 0 Å². The van der Waals surface area contributed by atoms with Crippen molar-refractivity contribution < 1.29 is 17.6 Å². The zero-order valence-corrected chi connectivity index (χ0v) is 17.4. The van der Waals surface area contributed by atoms with E-state index in [0.717, 1.165) is 24.2 Å². The van der Waals surface area contributed by atoms with E-state index in [-0.39, 0.29) is 16.1 Å². The predicted molar refractivity (Wildman–Crippen MR) is 111 cm³/mol. The van der Waals surface area contributed by atoms with Crippen molar-refractivity contribution in [2.45, 2.75) is 50.5 Å². The van der Waals surface area contributed by atoms with Crippen LogP contribution in [0.5, 0.6) is 5.75 Å². The lowest BCUT2D eigenvalue weighted by Crippen LogP contribution is -2.15. The van der Waals surface area contributed by atoms with Crippen LogP contribution >= 0.6 is 0 Å². The number of rotatable bonds is 5. The normalized spacial score (nSPS) is 15.4. The molecule has 0 spiro atoms. The third-order valence-corrected chi connectivity index (χ3v) is 6.22. The molecule has 1 aliphatic carbocycles. The minimum atomic E-state index is -3.93. The van der Waals surface area contributed by atoms with Gasteiger partial charge in [-0.1, -0.05) is 12.1 Å². The van der Waals surface area contributed by atoms with Gasteiger partial charge in [0, 0.05) is 17.0 Å². The first-order valence-corrected chi connectivity index (χ1v) is 11.1. The molecule has 1 heterocycles. The van der Waals surface area contributed by atoms with Gasteiger partial charge in [0.2, 0.25) is 10.0 Å². The van der Waals surface area contributed by atoms with Crippen LogP contribution in [0, 0.1) is 13.8 Å². The molecule has 0 saturated heterocycles. The number of para-hydroxylation sites is 1. The maximum atomic E-state index is 13.0. The molecular formula is C22H23NO5S. The SMILES string of the molecule is Cc1cc([C@@H](C)Oc2ccccc2S(N)(=O)=O)c2oc(C3CC3)c(C)c(=O)c2c1. The second kappa shape index (κ2) is 7.00. The van der Waals surface area contributed by atoms with E-state index in [9.17, 15) is 13.2 Å². The summed E-state index contributed by atoms with van der Waals surface area (Å²) < 4.78 is 36.0. The summed E-state index contributed by atoms with van der Waals surface area (Å²) >= 11 is 0. The highest BCUT2D eigenvalue weighted by Crippen LogP contribution is 2.42. The largest absolute Gasteiger partial charge is 0.484 e. The maximum absolute atomic E-state index is 13.0. The molecule has 0 unspecified atom stereocenters. The fourth-order valence-corrected chi connectivity index (χ4v) is 4.32. The second-order valence-corrected chi connectivity index (χ2v) is 9.21. The lowest BCUT2D eigenvalue weighted by molar-refractivity contribution is 0.220. The molecule has 1 fully saturated rings. The molecule has 2 aromatic carbocycles. The summed E-state index contributed by atoms with van der Waals surface area (Å²) in [5.41, 5.74) is 2.71. The molecule has 152 valence electrons. The second-order valence-electron chi connectivity index (χ2n) is 7.68. The Labute approximate surface area is 169 Å². The Kier molecular flexibility index (Phi) is 4.75. The predicted octanol–water partition coefficient (Wildman–Crippen LogP) is 4.07. The smallest absolute Gasteiger partial charge is 0.241 e. The van der Waals surface area contributed by atoms with Crippen LogP contribution in [0.25, 0.3) is 11.0 Å². The van der Waals surface area contributed by atoms with Crippen molar-refractivity contribution in [3.05, 3.63) is 69.1 Å². The maximum Gasteiger partial charge on any atom is 0.241 e. The average molecular weight is 413 g/mol. The van der Waals surface area contributed by atoms with Crippen molar-refractivity contribution in [1.29, 1.82) is 0 Å². The van der Waals surface area contributed by atoms with E-state index in [4.69, 9.17) is 14.3 Å². The minimum absolute atomic E-state index is 0.0322. The number of primary sulfonamides is 1. The molecule has 0 radical (unpaired) electrons. The molecule has 0 amide bonds. The van der Waals surface area contributed by atoms with Crippen LogP contribution < -0.4 is 15.3 Å². The molecule has 1 saturated carbocycles. The first kappa shape index (κ1) is 19.7. The molecule has 1 aliphatic rings. The lowest BCUT2D eigenvalue weighted by Gasteiger charge is -2.19. The van der Waals surface area contributed by atoms with Gasteiger partial charge < -0.3 is 9.15 Å². The standard InChI is InChI=1S/C22H23NO5S/c1-12-10-16(14(3)27-18-6-4-5-7-19(18)29(23,25)26)22-17(11-12)20(24)13(2)21(28-22)15-8-9-15/h4-7,10-11,14-15H,8-9H2,1-3H3,(H2,23,25,26)/t14-/m1/s1. The van der Waals surface area contributed by atoms with E-state index in [1.807, 2.05) is 26.0 Å². The molecule has 2 N–H and O–H groups in total. The number of fused-ring (bicyclic) bond motifs is 1. The molecule has 0 aliphatic heterocycles. The van der Waals surface area contributed by atoms with Crippen molar-refractivity contribution in [3.63, 3.8) is 0 Å². The van der Waals surface area contributed by atoms with E-state index < -0.39 is 16.1 Å². The molecule has 1 atom stereocenters. The summed E-state index contributed by atoms with van der Waals surface area (Å²) in [6.45, 7) is 5.51. The molecular weight excluding hydrogens is 390 g/mol. The zero-order valence-electron chi connectivity index (χ0n) is 16.6. The monoisotopic (exact) mass is 413 g/mol. The molecule has 6 nitrogen and oxygen atoms in total. The molecule has 1 aromatic heterocycles. The Morgan fingerprint density at radius 3 is 2.52 bits per heavy atom. The highest BCUT2D eigenvalue weighted by Gasteiger charge is 2.30. The summed E-state index contributed by atoms with van der Waals surface area (Å²) in [5.74, 6) is 1.19. The minimum Gasteiger partial charge on any atom is -0.484 e. The van der Waals surface area contributed by atoms with Crippen LogP contribution in [-0.4, -0.2) is 8.42 Å². The number of benzene rings is 2. The van der Waals surface area contributed by atoms with Gasteiger partial charge in [0.1, 0.15) is 28.1 Å². The lowest BCUT2D eigenvalue weighted by atomic mass is 10.0. The van der Waals surface area contributed by atoms with Gasteiger partial charge in [0.25, 0.3) is 0 Å². The third-order valence-electron chi connectivity index (χ3n) is 5.27. The van der Waals surface area contributed by atoms with Crippen LogP contribution in [0.2, 0.25) is 0 Å². The zero-order chi connectivity index (χ0) is 20.9. The number of hydrogen-bond donors (Lipinski definition) is 1. The van der Waals surface area contributed by atoms with Crippen molar-refractivity contribution in [1.82, 2.24) is 0 Å². The van der Waals surface area contributed by atoms with E-state index in [1.54, 1.807) is 25.1 Å². The number of sulfonamides is 1. The Balaban J connectivity index is 1.85. The summed E-state index contributed by atoms with van der Waals surface area (Å²) in [5, 5.41) is 5.83. The first-order chi connectivity index (χ1) is 13.7. The van der Waals surface area contributed by atoms with E-state index in [0.29, 0.717) is 28.0 Å².